The number of hydrogen-bond donors (Lipinski definition) is 1. The van der Waals surface area contributed by atoms with Gasteiger partial charge in [0.2, 0.25) is 10.0 Å². The summed E-state index contributed by atoms with van der Waals surface area (Å²) in [7, 11) is -3.75. The molecule has 1 aliphatic rings. The Bertz CT molecular complexity index is 656. The fourth-order valence-corrected chi connectivity index (χ4v) is 4.41. The second-order valence-corrected chi connectivity index (χ2v) is 7.95. The van der Waals surface area contributed by atoms with E-state index in [1.165, 1.54) is 12.1 Å². The van der Waals surface area contributed by atoms with Gasteiger partial charge < -0.3 is 5.11 Å². The van der Waals surface area contributed by atoms with Crippen LogP contribution in [-0.4, -0.2) is 30.1 Å². The Balaban J connectivity index is 2.46. The molecule has 0 aromatic heterocycles. The predicted octanol–water partition coefficient (Wildman–Crippen LogP) is 2.21. The molecule has 2 unspecified atom stereocenters. The summed E-state index contributed by atoms with van der Waals surface area (Å²) in [4.78, 5) is 0.187. The van der Waals surface area contributed by atoms with Crippen molar-refractivity contribution >= 4 is 10.0 Å². The Morgan fingerprint density at radius 1 is 1.24 bits per heavy atom. The van der Waals surface area contributed by atoms with Crippen molar-refractivity contribution in [2.75, 3.05) is 0 Å². The quantitative estimate of drug-likeness (QED) is 0.852. The van der Waals surface area contributed by atoms with Crippen molar-refractivity contribution in [1.29, 1.82) is 0 Å². The van der Waals surface area contributed by atoms with E-state index >= 15 is 0 Å². The second kappa shape index (κ2) is 5.80. The van der Waals surface area contributed by atoms with Crippen LogP contribution in [0.1, 0.15) is 33.6 Å². The lowest BCUT2D eigenvalue weighted by molar-refractivity contribution is -0.0305. The molecule has 1 N–H and O–H groups in total. The largest absolute Gasteiger partial charge is 0.377 e. The molecule has 1 saturated heterocycles. The standard InChI is InChI=1S/C16H21NO3S/c1-4-8-13-11-16(2,3)12-15(18)17(13)21(19,20)14-9-6-5-7-10-14/h5-7,9-10,13,15,18H,11-12H2,1-3H3. The van der Waals surface area contributed by atoms with Crippen molar-refractivity contribution in [2.24, 2.45) is 5.41 Å². The Kier molecular flexibility index (Phi) is 4.43. The molecule has 2 atom stereocenters. The van der Waals surface area contributed by atoms with Crippen molar-refractivity contribution < 1.29 is 13.5 Å². The molecule has 0 amide bonds. The average molecular weight is 307 g/mol. The zero-order chi connectivity index (χ0) is 15.7. The molecule has 1 aromatic rings. The maximum atomic E-state index is 12.8. The molecule has 4 nitrogen and oxygen atoms in total. The van der Waals surface area contributed by atoms with E-state index in [0.29, 0.717) is 12.8 Å². The monoisotopic (exact) mass is 307 g/mol. The van der Waals surface area contributed by atoms with Gasteiger partial charge in [-0.15, -0.1) is 5.92 Å². The SMILES string of the molecule is CC#CC1CC(C)(C)CC(O)N1S(=O)(=O)c1ccccc1. The van der Waals surface area contributed by atoms with E-state index in [1.807, 2.05) is 13.8 Å². The lowest BCUT2D eigenvalue weighted by Gasteiger charge is -2.43. The van der Waals surface area contributed by atoms with Crippen molar-refractivity contribution in [3.8, 4) is 11.8 Å². The second-order valence-electron chi connectivity index (χ2n) is 6.11. The Hall–Kier alpha value is -1.35. The van der Waals surface area contributed by atoms with Gasteiger partial charge in [0.15, 0.2) is 0 Å². The van der Waals surface area contributed by atoms with Gasteiger partial charge in [-0.25, -0.2) is 8.42 Å². The van der Waals surface area contributed by atoms with Crippen LogP contribution in [0, 0.1) is 17.3 Å². The highest BCUT2D eigenvalue weighted by molar-refractivity contribution is 7.89. The molecular formula is C16H21NO3S. The molecule has 0 aliphatic carbocycles. The Labute approximate surface area is 126 Å². The first kappa shape index (κ1) is 16.0. The number of hydrogen-bond acceptors (Lipinski definition) is 3. The third kappa shape index (κ3) is 3.29. The molecule has 1 aromatic carbocycles. The minimum atomic E-state index is -3.75. The number of benzene rings is 1. The highest BCUT2D eigenvalue weighted by Crippen LogP contribution is 2.39. The van der Waals surface area contributed by atoms with Crippen LogP contribution in [0.5, 0.6) is 0 Å². The minimum Gasteiger partial charge on any atom is -0.377 e. The first-order valence-electron chi connectivity index (χ1n) is 6.97. The Morgan fingerprint density at radius 2 is 1.86 bits per heavy atom. The molecule has 1 fully saturated rings. The van der Waals surface area contributed by atoms with Crippen molar-refractivity contribution in [3.63, 3.8) is 0 Å². The molecule has 21 heavy (non-hydrogen) atoms. The number of sulfonamides is 1. The molecule has 114 valence electrons. The predicted molar refractivity (Wildman–Crippen MR) is 81.7 cm³/mol. The maximum Gasteiger partial charge on any atom is 0.246 e. The molecule has 5 heteroatoms. The first-order chi connectivity index (χ1) is 9.78. The third-order valence-electron chi connectivity index (χ3n) is 3.71. The summed E-state index contributed by atoms with van der Waals surface area (Å²) in [6.07, 6.45) is -0.0393. The number of aliphatic hydroxyl groups is 1. The molecular weight excluding hydrogens is 286 g/mol. The van der Waals surface area contributed by atoms with Gasteiger partial charge in [0.05, 0.1) is 10.9 Å². The van der Waals surface area contributed by atoms with Gasteiger partial charge >= 0.3 is 0 Å². The fourth-order valence-electron chi connectivity index (χ4n) is 2.81. The highest BCUT2D eigenvalue weighted by atomic mass is 32.2. The van der Waals surface area contributed by atoms with Crippen LogP contribution in [0.3, 0.4) is 0 Å². The Morgan fingerprint density at radius 3 is 2.43 bits per heavy atom. The maximum absolute atomic E-state index is 12.8. The van der Waals surface area contributed by atoms with Crippen LogP contribution in [0.2, 0.25) is 0 Å². The van der Waals surface area contributed by atoms with E-state index in [4.69, 9.17) is 0 Å². The summed E-state index contributed by atoms with van der Waals surface area (Å²) in [6.45, 7) is 5.72. The summed E-state index contributed by atoms with van der Waals surface area (Å²) < 4.78 is 26.7. The summed E-state index contributed by atoms with van der Waals surface area (Å²) in [6, 6.07) is 7.69. The van der Waals surface area contributed by atoms with Crippen LogP contribution >= 0.6 is 0 Å². The average Bonchev–Trinajstić information content (AvgIpc) is 2.37. The van der Waals surface area contributed by atoms with Gasteiger partial charge in [-0.3, -0.25) is 0 Å². The van der Waals surface area contributed by atoms with E-state index in [1.54, 1.807) is 25.1 Å². The van der Waals surface area contributed by atoms with E-state index in [-0.39, 0.29) is 10.3 Å². The van der Waals surface area contributed by atoms with E-state index < -0.39 is 22.3 Å². The zero-order valence-electron chi connectivity index (χ0n) is 12.6. The van der Waals surface area contributed by atoms with Gasteiger partial charge in [0.1, 0.15) is 6.23 Å². The van der Waals surface area contributed by atoms with Crippen molar-refractivity contribution in [3.05, 3.63) is 30.3 Å². The first-order valence-corrected chi connectivity index (χ1v) is 8.41. The third-order valence-corrected chi connectivity index (χ3v) is 5.63. The van der Waals surface area contributed by atoms with Crippen molar-refractivity contribution in [2.45, 2.75) is 50.8 Å². The molecule has 1 aliphatic heterocycles. The van der Waals surface area contributed by atoms with Gasteiger partial charge in [0.25, 0.3) is 0 Å². The van der Waals surface area contributed by atoms with Gasteiger partial charge in [-0.2, -0.15) is 4.31 Å². The number of aliphatic hydroxyl groups excluding tert-OH is 1. The lowest BCUT2D eigenvalue weighted by Crippen LogP contribution is -2.53. The molecule has 0 bridgehead atoms. The number of rotatable bonds is 2. The van der Waals surface area contributed by atoms with Crippen LogP contribution in [-0.2, 0) is 10.0 Å². The van der Waals surface area contributed by atoms with E-state index in [2.05, 4.69) is 11.8 Å². The molecule has 1 heterocycles. The number of nitrogens with zero attached hydrogens (tertiary/aromatic N) is 1. The van der Waals surface area contributed by atoms with E-state index in [0.717, 1.165) is 4.31 Å². The summed E-state index contributed by atoms with van der Waals surface area (Å²) >= 11 is 0. The van der Waals surface area contributed by atoms with Gasteiger partial charge in [0, 0.05) is 0 Å². The summed E-state index contributed by atoms with van der Waals surface area (Å²) in [5.74, 6) is 5.72. The molecule has 2 rings (SSSR count). The highest BCUT2D eigenvalue weighted by Gasteiger charge is 2.44. The number of piperidine rings is 1. The smallest absolute Gasteiger partial charge is 0.246 e. The van der Waals surface area contributed by atoms with Crippen LogP contribution in [0.25, 0.3) is 0 Å². The van der Waals surface area contributed by atoms with Gasteiger partial charge in [-0.1, -0.05) is 38.0 Å². The normalized spacial score (nSPS) is 25.9. The molecule has 0 saturated carbocycles. The van der Waals surface area contributed by atoms with Crippen LogP contribution in [0.15, 0.2) is 35.2 Å². The summed E-state index contributed by atoms with van der Waals surface area (Å²) in [5, 5.41) is 10.4. The summed E-state index contributed by atoms with van der Waals surface area (Å²) in [5.41, 5.74) is -0.142. The van der Waals surface area contributed by atoms with Crippen LogP contribution in [0.4, 0.5) is 0 Å². The minimum absolute atomic E-state index is 0.142. The molecule has 0 spiro atoms. The van der Waals surface area contributed by atoms with E-state index in [9.17, 15) is 13.5 Å². The lowest BCUT2D eigenvalue weighted by atomic mass is 9.79. The van der Waals surface area contributed by atoms with Crippen LogP contribution < -0.4 is 0 Å². The van der Waals surface area contributed by atoms with Gasteiger partial charge in [-0.05, 0) is 37.3 Å². The van der Waals surface area contributed by atoms with Crippen molar-refractivity contribution in [1.82, 2.24) is 4.31 Å². The topological polar surface area (TPSA) is 57.6 Å². The fraction of sp³-hybridized carbons (Fsp3) is 0.500. The zero-order valence-corrected chi connectivity index (χ0v) is 13.4. The molecule has 0 radical (unpaired) electrons.